The first-order valence-electron chi connectivity index (χ1n) is 9.31. The van der Waals surface area contributed by atoms with Crippen molar-refractivity contribution in [2.75, 3.05) is 5.32 Å². The molecule has 3 aromatic rings. The Morgan fingerprint density at radius 1 is 1.07 bits per heavy atom. The van der Waals surface area contributed by atoms with Gasteiger partial charge >= 0.3 is 6.09 Å². The number of anilines is 1. The van der Waals surface area contributed by atoms with Crippen molar-refractivity contribution in [2.45, 2.75) is 12.8 Å². The number of nitrogens with zero attached hydrogens (tertiary/aromatic N) is 1. The maximum Gasteiger partial charge on any atom is 0.409 e. The second kappa shape index (κ2) is 9.36. The Bertz CT molecular complexity index is 1100. The molecule has 0 fully saturated rings. The maximum atomic E-state index is 12.4. The zero-order valence-corrected chi connectivity index (χ0v) is 18.8. The van der Waals surface area contributed by atoms with Crippen LogP contribution < -0.4 is 10.6 Å². The summed E-state index contributed by atoms with van der Waals surface area (Å²) in [5, 5.41) is 6.00. The van der Waals surface area contributed by atoms with Crippen molar-refractivity contribution in [1.29, 1.82) is 0 Å². The molecule has 0 saturated carbocycles. The van der Waals surface area contributed by atoms with Gasteiger partial charge in [-0.15, -0.1) is 0 Å². The molecule has 7 heteroatoms. The number of thiocarbonyl (C=S) groups is 1. The van der Waals surface area contributed by atoms with E-state index in [1.165, 1.54) is 0 Å². The molecule has 30 heavy (non-hydrogen) atoms. The van der Waals surface area contributed by atoms with Crippen molar-refractivity contribution < 1.29 is 9.53 Å². The van der Waals surface area contributed by atoms with E-state index in [4.69, 9.17) is 21.9 Å². The highest BCUT2D eigenvalue weighted by Crippen LogP contribution is 2.26. The average molecular weight is 527 g/mol. The smallest absolute Gasteiger partial charge is 0.409 e. The zero-order chi connectivity index (χ0) is 20.9. The molecule has 1 aliphatic rings. The van der Waals surface area contributed by atoms with Crippen molar-refractivity contribution in [3.8, 4) is 0 Å². The maximum absolute atomic E-state index is 12.4. The summed E-state index contributed by atoms with van der Waals surface area (Å²) < 4.78 is 6.43. The van der Waals surface area contributed by atoms with E-state index in [0.29, 0.717) is 4.99 Å². The largest absolute Gasteiger partial charge is 0.445 e. The monoisotopic (exact) mass is 527 g/mol. The molecule has 1 atom stereocenters. The van der Waals surface area contributed by atoms with Crippen LogP contribution in [0.4, 0.5) is 10.5 Å². The fourth-order valence-corrected chi connectivity index (χ4v) is 3.79. The van der Waals surface area contributed by atoms with Crippen LogP contribution in [0.25, 0.3) is 0 Å². The molecule has 5 nitrogen and oxygen atoms in total. The van der Waals surface area contributed by atoms with Gasteiger partial charge in [0.05, 0.1) is 5.71 Å². The number of aliphatic imine (C=N–C) groups is 1. The number of alkyl carbamates (subject to hydrolysis) is 1. The number of fused-ring (bicyclic) bond motifs is 1. The Labute approximate surface area is 193 Å². The first-order chi connectivity index (χ1) is 14.6. The minimum Gasteiger partial charge on any atom is -0.445 e. The molecule has 0 radical (unpaired) electrons. The van der Waals surface area contributed by atoms with Crippen molar-refractivity contribution >= 4 is 57.3 Å². The third-order valence-corrected chi connectivity index (χ3v) is 5.51. The van der Waals surface area contributed by atoms with Crippen LogP contribution >= 0.6 is 34.8 Å². The summed E-state index contributed by atoms with van der Waals surface area (Å²) in [6.07, 6.45) is -1.33. The van der Waals surface area contributed by atoms with Gasteiger partial charge in [0, 0.05) is 20.4 Å². The lowest BCUT2D eigenvalue weighted by atomic mass is 10.0. The van der Waals surface area contributed by atoms with Gasteiger partial charge in [-0.05, 0) is 46.4 Å². The Morgan fingerprint density at radius 3 is 2.50 bits per heavy atom. The SMILES string of the molecule is O=C(NC1N=C(c2ccccc2)c2cc(I)ccc2NC1=S)OCc1ccccc1. The summed E-state index contributed by atoms with van der Waals surface area (Å²) in [5.41, 5.74) is 4.38. The molecule has 0 saturated heterocycles. The van der Waals surface area contributed by atoms with Gasteiger partial charge in [-0.25, -0.2) is 4.79 Å². The minimum absolute atomic E-state index is 0.174. The highest BCUT2D eigenvalue weighted by Gasteiger charge is 2.25. The standard InChI is InChI=1S/C23H18IN3O2S/c24-17-11-12-19-18(13-17)20(16-9-5-2-6-10-16)26-21(22(30)25-19)27-23(28)29-14-15-7-3-1-4-8-15/h1-13,21H,14H2,(H,25,30)(H,27,28). The summed E-state index contributed by atoms with van der Waals surface area (Å²) in [5.74, 6) is 0. The molecule has 0 bridgehead atoms. The molecule has 1 amide bonds. The summed E-state index contributed by atoms with van der Waals surface area (Å²) in [7, 11) is 0. The second-order valence-electron chi connectivity index (χ2n) is 6.63. The molecule has 0 aliphatic carbocycles. The fraction of sp³-hybridized carbons (Fsp3) is 0.0870. The van der Waals surface area contributed by atoms with E-state index in [1.54, 1.807) is 0 Å². The molecule has 0 aromatic heterocycles. The Kier molecular flexibility index (Phi) is 6.39. The minimum atomic E-state index is -0.747. The number of amides is 1. The average Bonchev–Trinajstić information content (AvgIpc) is 2.90. The van der Waals surface area contributed by atoms with Crippen LogP contribution in [-0.2, 0) is 11.3 Å². The van der Waals surface area contributed by atoms with Crippen molar-refractivity contribution in [2.24, 2.45) is 4.99 Å². The Morgan fingerprint density at radius 2 is 1.77 bits per heavy atom. The molecule has 1 unspecified atom stereocenters. The summed E-state index contributed by atoms with van der Waals surface area (Å²) in [6, 6.07) is 25.4. The number of rotatable bonds is 4. The molecule has 1 aliphatic heterocycles. The van der Waals surface area contributed by atoms with Crippen LogP contribution in [0, 0.1) is 3.57 Å². The van der Waals surface area contributed by atoms with Gasteiger partial charge in [0.15, 0.2) is 6.17 Å². The van der Waals surface area contributed by atoms with E-state index in [0.717, 1.165) is 31.7 Å². The molecule has 2 N–H and O–H groups in total. The molecular weight excluding hydrogens is 509 g/mol. The van der Waals surface area contributed by atoms with Gasteiger partial charge in [-0.3, -0.25) is 10.3 Å². The van der Waals surface area contributed by atoms with E-state index in [1.807, 2.05) is 78.9 Å². The Balaban J connectivity index is 1.61. The fourth-order valence-electron chi connectivity index (χ4n) is 3.08. The van der Waals surface area contributed by atoms with Crippen LogP contribution in [0.3, 0.4) is 0 Å². The molecule has 0 spiro atoms. The van der Waals surface area contributed by atoms with Crippen LogP contribution in [0.15, 0.2) is 83.9 Å². The van der Waals surface area contributed by atoms with Crippen LogP contribution in [0.5, 0.6) is 0 Å². The van der Waals surface area contributed by atoms with Crippen molar-refractivity contribution in [3.63, 3.8) is 0 Å². The third kappa shape index (κ3) is 4.85. The molecule has 150 valence electrons. The summed E-state index contributed by atoms with van der Waals surface area (Å²) >= 11 is 7.80. The number of nitrogens with one attached hydrogen (secondary N) is 2. The zero-order valence-electron chi connectivity index (χ0n) is 15.8. The number of halogens is 1. The van der Waals surface area contributed by atoms with Gasteiger partial charge in [0.2, 0.25) is 0 Å². The van der Waals surface area contributed by atoms with Crippen molar-refractivity contribution in [3.05, 3.63) is 99.1 Å². The van der Waals surface area contributed by atoms with Crippen LogP contribution in [-0.4, -0.2) is 23.0 Å². The molecule has 1 heterocycles. The van der Waals surface area contributed by atoms with Crippen LogP contribution in [0.2, 0.25) is 0 Å². The first-order valence-corrected chi connectivity index (χ1v) is 10.8. The van der Waals surface area contributed by atoms with E-state index in [9.17, 15) is 4.79 Å². The molecule has 4 rings (SSSR count). The number of hydrogen-bond donors (Lipinski definition) is 2. The number of ether oxygens (including phenoxy) is 1. The predicted octanol–water partition coefficient (Wildman–Crippen LogP) is 5.13. The summed E-state index contributed by atoms with van der Waals surface area (Å²) in [6.45, 7) is 0.174. The van der Waals surface area contributed by atoms with Gasteiger partial charge in [-0.2, -0.15) is 0 Å². The number of benzodiazepines with no additional fused rings is 1. The Hall–Kier alpha value is -2.78. The van der Waals surface area contributed by atoms with E-state index in [2.05, 4.69) is 33.2 Å². The molecular formula is C23H18IN3O2S. The van der Waals surface area contributed by atoms with E-state index >= 15 is 0 Å². The van der Waals surface area contributed by atoms with Crippen LogP contribution in [0.1, 0.15) is 16.7 Å². The highest BCUT2D eigenvalue weighted by molar-refractivity contribution is 14.1. The van der Waals surface area contributed by atoms with E-state index in [-0.39, 0.29) is 6.61 Å². The number of hydrogen-bond acceptors (Lipinski definition) is 4. The number of carbonyl (C=O) groups is 1. The number of carbonyl (C=O) groups excluding carboxylic acids is 1. The van der Waals surface area contributed by atoms with Gasteiger partial charge in [-0.1, -0.05) is 72.9 Å². The quantitative estimate of drug-likeness (QED) is 0.365. The van der Waals surface area contributed by atoms with Gasteiger partial charge in [0.25, 0.3) is 0 Å². The topological polar surface area (TPSA) is 62.7 Å². The first kappa shape index (κ1) is 20.5. The number of benzene rings is 3. The summed E-state index contributed by atoms with van der Waals surface area (Å²) in [4.78, 5) is 17.6. The highest BCUT2D eigenvalue weighted by atomic mass is 127. The second-order valence-corrected chi connectivity index (χ2v) is 8.32. The van der Waals surface area contributed by atoms with Gasteiger partial charge < -0.3 is 10.1 Å². The molecule has 3 aromatic carbocycles. The van der Waals surface area contributed by atoms with Gasteiger partial charge in [0.1, 0.15) is 11.6 Å². The van der Waals surface area contributed by atoms with Crippen molar-refractivity contribution in [1.82, 2.24) is 5.32 Å². The lowest BCUT2D eigenvalue weighted by Crippen LogP contribution is -2.41. The predicted molar refractivity (Wildman–Crippen MR) is 131 cm³/mol. The van der Waals surface area contributed by atoms with E-state index < -0.39 is 12.3 Å². The third-order valence-electron chi connectivity index (χ3n) is 4.52. The normalized spacial score (nSPS) is 15.3. The lowest BCUT2D eigenvalue weighted by molar-refractivity contribution is 0.138. The lowest BCUT2D eigenvalue weighted by Gasteiger charge is -2.15.